The van der Waals surface area contributed by atoms with Crippen molar-refractivity contribution in [2.45, 2.75) is 26.4 Å². The smallest absolute Gasteiger partial charge is 0.419 e. The number of aromatic amines is 1. The van der Waals surface area contributed by atoms with E-state index in [1.165, 1.54) is 0 Å². The molecule has 0 radical (unpaired) electrons. The van der Waals surface area contributed by atoms with Crippen molar-refractivity contribution in [2.75, 3.05) is 7.11 Å². The molecule has 1 aliphatic rings. The maximum atomic E-state index is 13.0. The fraction of sp³-hybridized carbons (Fsp3) is 0.217. The zero-order valence-corrected chi connectivity index (χ0v) is 16.9. The number of para-hydroxylation sites is 1. The number of aromatic nitrogens is 2. The van der Waals surface area contributed by atoms with Crippen LogP contribution in [0.5, 0.6) is 0 Å². The maximum Gasteiger partial charge on any atom is 0.419 e. The van der Waals surface area contributed by atoms with Gasteiger partial charge in [-0.05, 0) is 51.1 Å². The van der Waals surface area contributed by atoms with Crippen LogP contribution in [0.1, 0.15) is 32.2 Å². The summed E-state index contributed by atoms with van der Waals surface area (Å²) >= 11 is 0. The quantitative estimate of drug-likeness (QED) is 0.675. The molecule has 1 aliphatic heterocycles. The Morgan fingerprint density at radius 3 is 2.66 bits per heavy atom. The first-order chi connectivity index (χ1) is 13.9. The molecule has 29 heavy (non-hydrogen) atoms. The van der Waals surface area contributed by atoms with E-state index in [0.717, 1.165) is 16.6 Å². The molecule has 4 rings (SSSR count). The van der Waals surface area contributed by atoms with Crippen LogP contribution in [0.4, 0.5) is 4.79 Å². The highest BCUT2D eigenvalue weighted by Gasteiger charge is 2.26. The molecule has 0 fully saturated rings. The van der Waals surface area contributed by atoms with Crippen LogP contribution in [0, 0.1) is 0 Å². The monoisotopic (exact) mass is 389 g/mol. The number of hydrogen-bond acceptors (Lipinski definition) is 4. The maximum absolute atomic E-state index is 13.0. The topological polar surface area (TPSA) is 68.6 Å². The molecule has 0 atom stereocenters. The second-order valence-corrected chi connectivity index (χ2v) is 7.77. The summed E-state index contributed by atoms with van der Waals surface area (Å²) in [7, 11) is 1.61. The summed E-state index contributed by atoms with van der Waals surface area (Å²) in [6.07, 6.45) is 5.15. The minimum Gasteiger partial charge on any atom is -0.494 e. The first-order valence-corrected chi connectivity index (χ1v) is 9.40. The zero-order chi connectivity index (χ0) is 20.6. The third-order valence-electron chi connectivity index (χ3n) is 4.44. The molecule has 0 unspecified atom stereocenters. The minimum atomic E-state index is -0.608. The minimum absolute atomic E-state index is 0.439. The number of allylic oxidation sites excluding steroid dienone is 1. The Hall–Kier alpha value is -3.54. The highest BCUT2D eigenvalue weighted by molar-refractivity contribution is 6.15. The highest BCUT2D eigenvalue weighted by Crippen LogP contribution is 2.28. The van der Waals surface area contributed by atoms with Crippen molar-refractivity contribution in [3.05, 3.63) is 77.6 Å². The third-order valence-corrected chi connectivity index (χ3v) is 4.44. The van der Waals surface area contributed by atoms with Crippen LogP contribution >= 0.6 is 0 Å². The Morgan fingerprint density at radius 2 is 1.97 bits per heavy atom. The van der Waals surface area contributed by atoms with E-state index in [1.54, 1.807) is 11.7 Å². The predicted molar refractivity (Wildman–Crippen MR) is 114 cm³/mol. The largest absolute Gasteiger partial charge is 0.494 e. The number of methoxy groups -OCH3 is 1. The van der Waals surface area contributed by atoms with Gasteiger partial charge in [0.05, 0.1) is 24.0 Å². The van der Waals surface area contributed by atoms with E-state index < -0.39 is 11.7 Å². The van der Waals surface area contributed by atoms with Gasteiger partial charge in [0.2, 0.25) is 0 Å². The number of benzene rings is 1. The molecule has 0 bridgehead atoms. The fourth-order valence-electron chi connectivity index (χ4n) is 3.24. The van der Waals surface area contributed by atoms with Gasteiger partial charge in [0.1, 0.15) is 17.1 Å². The lowest BCUT2D eigenvalue weighted by molar-refractivity contribution is 0.0544. The van der Waals surface area contributed by atoms with Gasteiger partial charge in [0, 0.05) is 23.4 Å². The van der Waals surface area contributed by atoms with Crippen LogP contribution in [-0.2, 0) is 9.47 Å². The number of nitrogens with one attached hydrogen (secondary N) is 1. The van der Waals surface area contributed by atoms with Gasteiger partial charge in [-0.15, -0.1) is 0 Å². The van der Waals surface area contributed by atoms with Crippen molar-refractivity contribution in [2.24, 2.45) is 4.99 Å². The zero-order valence-electron chi connectivity index (χ0n) is 16.9. The van der Waals surface area contributed by atoms with Crippen molar-refractivity contribution in [3.8, 4) is 0 Å². The highest BCUT2D eigenvalue weighted by atomic mass is 16.6. The number of carbonyl (C=O) groups excluding carboxylic acids is 1. The molecule has 0 aliphatic carbocycles. The number of fused-ring (bicyclic) bond motifs is 1. The van der Waals surface area contributed by atoms with E-state index >= 15 is 0 Å². The molecule has 1 N–H and O–H groups in total. The van der Waals surface area contributed by atoms with Crippen molar-refractivity contribution in [1.82, 2.24) is 9.55 Å². The molecule has 6 nitrogen and oxygen atoms in total. The molecule has 1 aromatic carbocycles. The van der Waals surface area contributed by atoms with E-state index in [2.05, 4.69) is 4.98 Å². The third kappa shape index (κ3) is 3.74. The summed E-state index contributed by atoms with van der Waals surface area (Å²) in [5, 5.41) is 0.935. The molecule has 3 aromatic rings. The lowest BCUT2D eigenvalue weighted by atomic mass is 10.2. The molecule has 0 saturated heterocycles. The number of aliphatic imine (C=N–C) groups is 1. The van der Waals surface area contributed by atoms with Crippen LogP contribution in [0.15, 0.2) is 71.2 Å². The number of nitrogens with zero attached hydrogens (tertiary/aromatic N) is 2. The lowest BCUT2D eigenvalue weighted by Crippen LogP contribution is -2.28. The van der Waals surface area contributed by atoms with Crippen LogP contribution in [-0.4, -0.2) is 34.1 Å². The van der Waals surface area contributed by atoms with Crippen molar-refractivity contribution < 1.29 is 14.3 Å². The number of hydrogen-bond donors (Lipinski definition) is 1. The molecular weight excluding hydrogens is 366 g/mol. The van der Waals surface area contributed by atoms with E-state index in [0.29, 0.717) is 22.9 Å². The van der Waals surface area contributed by atoms with Crippen LogP contribution in [0.2, 0.25) is 0 Å². The average molecular weight is 389 g/mol. The second kappa shape index (κ2) is 7.13. The molecule has 2 aromatic heterocycles. The summed E-state index contributed by atoms with van der Waals surface area (Å²) in [4.78, 5) is 20.9. The Labute approximate surface area is 169 Å². The Morgan fingerprint density at radius 1 is 1.17 bits per heavy atom. The van der Waals surface area contributed by atoms with Crippen molar-refractivity contribution in [3.63, 3.8) is 0 Å². The van der Waals surface area contributed by atoms with Crippen LogP contribution in [0.3, 0.4) is 0 Å². The Bertz CT molecular complexity index is 1160. The summed E-state index contributed by atoms with van der Waals surface area (Å²) in [6, 6.07) is 13.5. The van der Waals surface area contributed by atoms with Crippen LogP contribution in [0.25, 0.3) is 17.0 Å². The van der Waals surface area contributed by atoms with Crippen molar-refractivity contribution >= 4 is 28.8 Å². The second-order valence-electron chi connectivity index (χ2n) is 7.77. The van der Waals surface area contributed by atoms with Gasteiger partial charge in [-0.3, -0.25) is 0 Å². The van der Waals surface area contributed by atoms with E-state index in [4.69, 9.17) is 14.5 Å². The molecule has 0 amide bonds. The molecule has 0 spiro atoms. The molecule has 3 heterocycles. The van der Waals surface area contributed by atoms with Crippen molar-refractivity contribution in [1.29, 1.82) is 0 Å². The summed E-state index contributed by atoms with van der Waals surface area (Å²) in [5.41, 5.74) is 3.07. The van der Waals surface area contributed by atoms with Gasteiger partial charge in [0.15, 0.2) is 0 Å². The van der Waals surface area contributed by atoms with Gasteiger partial charge < -0.3 is 14.5 Å². The molecule has 148 valence electrons. The standard InChI is InChI=1S/C23H23N3O3/c1-23(2,3)29-22(27)26-19-10-6-5-8-15(19)12-20(26)17-14-21(28-4)18(25-17)13-16-9-7-11-24-16/h5-14,24H,1-4H3/b18-13-. The van der Waals surface area contributed by atoms with Gasteiger partial charge in [0.25, 0.3) is 0 Å². The Kier molecular flexibility index (Phi) is 4.62. The molecular formula is C23H23N3O3. The Balaban J connectivity index is 1.84. The van der Waals surface area contributed by atoms with Gasteiger partial charge in [-0.1, -0.05) is 18.2 Å². The van der Waals surface area contributed by atoms with E-state index in [9.17, 15) is 4.79 Å². The molecule has 0 saturated carbocycles. The number of ether oxygens (including phenoxy) is 2. The summed E-state index contributed by atoms with van der Waals surface area (Å²) in [6.45, 7) is 5.55. The number of H-pyrrole nitrogens is 1. The molecule has 6 heteroatoms. The first kappa shape index (κ1) is 18.8. The summed E-state index contributed by atoms with van der Waals surface area (Å²) in [5.74, 6) is 0.635. The van der Waals surface area contributed by atoms with Gasteiger partial charge in [-0.2, -0.15) is 0 Å². The van der Waals surface area contributed by atoms with E-state index in [1.807, 2.05) is 81.6 Å². The SMILES string of the molecule is COC1=CC(c2cc3ccccc3n2C(=O)OC(C)(C)C)=N/C1=C\c1ccc[nH]1. The van der Waals surface area contributed by atoms with Gasteiger partial charge >= 0.3 is 6.09 Å². The van der Waals surface area contributed by atoms with Crippen LogP contribution < -0.4 is 0 Å². The predicted octanol–water partition coefficient (Wildman–Crippen LogP) is 5.13. The summed E-state index contributed by atoms with van der Waals surface area (Å²) < 4.78 is 12.7. The number of carbonyl (C=O) groups is 1. The number of rotatable bonds is 3. The average Bonchev–Trinajstić information content (AvgIpc) is 3.38. The lowest BCUT2D eigenvalue weighted by Gasteiger charge is -2.20. The van der Waals surface area contributed by atoms with Gasteiger partial charge in [-0.25, -0.2) is 14.4 Å². The van der Waals surface area contributed by atoms with E-state index in [-0.39, 0.29) is 0 Å². The normalized spacial score (nSPS) is 15.5. The fourth-order valence-corrected chi connectivity index (χ4v) is 3.24. The first-order valence-electron chi connectivity index (χ1n) is 9.40.